The van der Waals surface area contributed by atoms with Gasteiger partial charge in [0, 0.05) is 31.7 Å². The van der Waals surface area contributed by atoms with E-state index in [1.54, 1.807) is 0 Å². The number of amides is 1. The van der Waals surface area contributed by atoms with Gasteiger partial charge in [-0.15, -0.1) is 0 Å². The van der Waals surface area contributed by atoms with Crippen molar-refractivity contribution in [3.05, 3.63) is 12.7 Å². The lowest BCUT2D eigenvalue weighted by Crippen LogP contribution is -2.56. The first-order chi connectivity index (χ1) is 8.13. The molecule has 2 atom stereocenters. The van der Waals surface area contributed by atoms with Gasteiger partial charge < -0.3 is 4.90 Å². The molecular formula is C14H26N2O. The maximum absolute atomic E-state index is 11.6. The Kier molecular flexibility index (Phi) is 5.69. The summed E-state index contributed by atoms with van der Waals surface area (Å²) in [7, 11) is 0. The zero-order valence-corrected chi connectivity index (χ0v) is 11.5. The van der Waals surface area contributed by atoms with Crippen LogP contribution >= 0.6 is 0 Å². The Morgan fingerprint density at radius 2 is 2.18 bits per heavy atom. The van der Waals surface area contributed by atoms with Crippen LogP contribution in [0.3, 0.4) is 0 Å². The predicted octanol–water partition coefficient (Wildman–Crippen LogP) is 2.28. The monoisotopic (exact) mass is 238 g/mol. The van der Waals surface area contributed by atoms with Gasteiger partial charge in [-0.25, -0.2) is 0 Å². The minimum absolute atomic E-state index is 0.0695. The molecule has 0 bridgehead atoms. The molecule has 1 aliphatic heterocycles. The van der Waals surface area contributed by atoms with Gasteiger partial charge in [-0.1, -0.05) is 26.8 Å². The van der Waals surface area contributed by atoms with Gasteiger partial charge in [0.05, 0.1) is 0 Å². The lowest BCUT2D eigenvalue weighted by atomic mass is 10.0. The second kappa shape index (κ2) is 6.80. The molecule has 3 nitrogen and oxygen atoms in total. The predicted molar refractivity (Wildman–Crippen MR) is 71.9 cm³/mol. The third-order valence-corrected chi connectivity index (χ3v) is 3.73. The van der Waals surface area contributed by atoms with E-state index in [-0.39, 0.29) is 5.91 Å². The van der Waals surface area contributed by atoms with Gasteiger partial charge in [0.1, 0.15) is 0 Å². The minimum atomic E-state index is 0.0695. The van der Waals surface area contributed by atoms with Gasteiger partial charge >= 0.3 is 0 Å². The number of rotatable bonds is 5. The zero-order chi connectivity index (χ0) is 12.8. The van der Waals surface area contributed by atoms with Crippen LogP contribution in [0.25, 0.3) is 0 Å². The SMILES string of the molecule is C=CC(=O)N1CCN(C(CC)CCC)[C@@H](C)C1. The molecule has 1 unspecified atom stereocenters. The van der Waals surface area contributed by atoms with Gasteiger partial charge in [0.15, 0.2) is 0 Å². The van der Waals surface area contributed by atoms with Crippen LogP contribution in [0.1, 0.15) is 40.0 Å². The first-order valence-electron chi connectivity index (χ1n) is 6.81. The Morgan fingerprint density at radius 1 is 1.47 bits per heavy atom. The second-order valence-electron chi connectivity index (χ2n) is 4.93. The molecule has 1 rings (SSSR count). The average Bonchev–Trinajstić information content (AvgIpc) is 2.35. The highest BCUT2D eigenvalue weighted by Crippen LogP contribution is 2.18. The van der Waals surface area contributed by atoms with Gasteiger partial charge in [-0.3, -0.25) is 9.69 Å². The van der Waals surface area contributed by atoms with Crippen molar-refractivity contribution in [2.45, 2.75) is 52.1 Å². The number of carbonyl (C=O) groups excluding carboxylic acids is 1. The topological polar surface area (TPSA) is 23.6 Å². The summed E-state index contributed by atoms with van der Waals surface area (Å²) in [6.45, 7) is 13.0. The summed E-state index contributed by atoms with van der Waals surface area (Å²) in [5.74, 6) is 0.0695. The van der Waals surface area contributed by atoms with Gasteiger partial charge in [0.2, 0.25) is 5.91 Å². The highest BCUT2D eigenvalue weighted by Gasteiger charge is 2.29. The first kappa shape index (κ1) is 14.2. The smallest absolute Gasteiger partial charge is 0.246 e. The van der Waals surface area contributed by atoms with E-state index >= 15 is 0 Å². The van der Waals surface area contributed by atoms with Crippen LogP contribution in [-0.2, 0) is 4.79 Å². The van der Waals surface area contributed by atoms with Crippen molar-refractivity contribution in [1.29, 1.82) is 0 Å². The zero-order valence-electron chi connectivity index (χ0n) is 11.5. The minimum Gasteiger partial charge on any atom is -0.336 e. The number of piperazine rings is 1. The molecule has 98 valence electrons. The Hall–Kier alpha value is -0.830. The normalized spacial score (nSPS) is 23.5. The summed E-state index contributed by atoms with van der Waals surface area (Å²) in [4.78, 5) is 16.0. The van der Waals surface area contributed by atoms with E-state index in [2.05, 4.69) is 32.3 Å². The van der Waals surface area contributed by atoms with Gasteiger partial charge in [0.25, 0.3) is 0 Å². The molecule has 0 aromatic heterocycles. The van der Waals surface area contributed by atoms with Crippen molar-refractivity contribution in [2.24, 2.45) is 0 Å². The molecule has 0 saturated carbocycles. The van der Waals surface area contributed by atoms with Crippen molar-refractivity contribution in [2.75, 3.05) is 19.6 Å². The molecule has 0 aromatic carbocycles. The van der Waals surface area contributed by atoms with Crippen molar-refractivity contribution in [3.63, 3.8) is 0 Å². The average molecular weight is 238 g/mol. The van der Waals surface area contributed by atoms with E-state index in [9.17, 15) is 4.79 Å². The molecule has 17 heavy (non-hydrogen) atoms. The summed E-state index contributed by atoms with van der Waals surface area (Å²) in [5, 5.41) is 0. The van der Waals surface area contributed by atoms with E-state index in [0.717, 1.165) is 19.6 Å². The molecular weight excluding hydrogens is 212 g/mol. The lowest BCUT2D eigenvalue weighted by Gasteiger charge is -2.43. The molecule has 3 heteroatoms. The Morgan fingerprint density at radius 3 is 2.65 bits per heavy atom. The Bertz CT molecular complexity index is 265. The van der Waals surface area contributed by atoms with Gasteiger partial charge in [-0.05, 0) is 25.8 Å². The quantitative estimate of drug-likeness (QED) is 0.686. The summed E-state index contributed by atoms with van der Waals surface area (Å²) >= 11 is 0. The maximum atomic E-state index is 11.6. The number of hydrogen-bond donors (Lipinski definition) is 0. The molecule has 0 aliphatic carbocycles. The molecule has 1 heterocycles. The number of hydrogen-bond acceptors (Lipinski definition) is 2. The fraction of sp³-hybridized carbons (Fsp3) is 0.786. The lowest BCUT2D eigenvalue weighted by molar-refractivity contribution is -0.129. The third kappa shape index (κ3) is 3.56. The van der Waals surface area contributed by atoms with Crippen molar-refractivity contribution < 1.29 is 4.79 Å². The van der Waals surface area contributed by atoms with Crippen LogP contribution in [0.15, 0.2) is 12.7 Å². The van der Waals surface area contributed by atoms with Crippen molar-refractivity contribution in [3.8, 4) is 0 Å². The molecule has 0 radical (unpaired) electrons. The standard InChI is InChI=1S/C14H26N2O/c1-5-8-13(6-2)16-10-9-15(11-12(16)4)14(17)7-3/h7,12-13H,3,5-6,8-11H2,1-2,4H3/t12-,13?/m0/s1. The largest absolute Gasteiger partial charge is 0.336 e. The van der Waals surface area contributed by atoms with Gasteiger partial charge in [-0.2, -0.15) is 0 Å². The third-order valence-electron chi connectivity index (χ3n) is 3.73. The highest BCUT2D eigenvalue weighted by molar-refractivity contribution is 5.87. The molecule has 1 fully saturated rings. The number of carbonyl (C=O) groups is 1. The summed E-state index contributed by atoms with van der Waals surface area (Å²) in [6, 6.07) is 1.14. The molecule has 1 amide bonds. The van der Waals surface area contributed by atoms with E-state index in [1.165, 1.54) is 25.3 Å². The Labute approximate surface area is 105 Å². The highest BCUT2D eigenvalue weighted by atomic mass is 16.2. The van der Waals surface area contributed by atoms with Crippen molar-refractivity contribution >= 4 is 5.91 Å². The van der Waals surface area contributed by atoms with E-state index in [1.807, 2.05) is 4.90 Å². The fourth-order valence-electron chi connectivity index (χ4n) is 2.78. The summed E-state index contributed by atoms with van der Waals surface area (Å²) in [5.41, 5.74) is 0. The molecule has 0 N–H and O–H groups in total. The van der Waals surface area contributed by atoms with E-state index in [4.69, 9.17) is 0 Å². The molecule has 1 saturated heterocycles. The molecule has 0 spiro atoms. The number of nitrogens with zero attached hydrogens (tertiary/aromatic N) is 2. The second-order valence-corrected chi connectivity index (χ2v) is 4.93. The fourth-order valence-corrected chi connectivity index (χ4v) is 2.78. The van der Waals surface area contributed by atoms with Crippen LogP contribution in [0.2, 0.25) is 0 Å². The van der Waals surface area contributed by atoms with E-state index in [0.29, 0.717) is 12.1 Å². The summed E-state index contributed by atoms with van der Waals surface area (Å²) in [6.07, 6.45) is 5.12. The first-order valence-corrected chi connectivity index (χ1v) is 6.81. The molecule has 0 aromatic rings. The van der Waals surface area contributed by atoms with Crippen LogP contribution in [0.4, 0.5) is 0 Å². The summed E-state index contributed by atoms with van der Waals surface area (Å²) < 4.78 is 0. The van der Waals surface area contributed by atoms with Crippen LogP contribution in [0.5, 0.6) is 0 Å². The maximum Gasteiger partial charge on any atom is 0.246 e. The molecule has 1 aliphatic rings. The van der Waals surface area contributed by atoms with Crippen LogP contribution < -0.4 is 0 Å². The Balaban J connectivity index is 2.57. The van der Waals surface area contributed by atoms with Crippen LogP contribution in [0, 0.1) is 0 Å². The van der Waals surface area contributed by atoms with Crippen LogP contribution in [-0.4, -0.2) is 47.4 Å². The van der Waals surface area contributed by atoms with Crippen molar-refractivity contribution in [1.82, 2.24) is 9.80 Å². The van der Waals surface area contributed by atoms with E-state index < -0.39 is 0 Å².